The highest BCUT2D eigenvalue weighted by Gasteiger charge is 2.34. The second kappa shape index (κ2) is 5.02. The van der Waals surface area contributed by atoms with Crippen LogP contribution in [0.25, 0.3) is 0 Å². The molecule has 1 aliphatic heterocycles. The van der Waals surface area contributed by atoms with Crippen LogP contribution in [0.15, 0.2) is 0 Å². The maximum Gasteiger partial charge on any atom is 0.410 e. The molecule has 5 nitrogen and oxygen atoms in total. The molecule has 0 aliphatic carbocycles. The third kappa shape index (κ3) is 5.12. The molecule has 1 unspecified atom stereocenters. The zero-order chi connectivity index (χ0) is 13.3. The van der Waals surface area contributed by atoms with Crippen LogP contribution >= 0.6 is 10.7 Å². The topological polar surface area (TPSA) is 63.7 Å². The van der Waals surface area contributed by atoms with Gasteiger partial charge < -0.3 is 9.64 Å². The van der Waals surface area contributed by atoms with Gasteiger partial charge in [-0.25, -0.2) is 13.2 Å². The molecule has 0 N–H and O–H groups in total. The summed E-state index contributed by atoms with van der Waals surface area (Å²) in [7, 11) is 1.61. The van der Waals surface area contributed by atoms with Gasteiger partial charge in [-0.05, 0) is 33.6 Å². The highest BCUT2D eigenvalue weighted by atomic mass is 35.7. The Kier molecular flexibility index (Phi) is 4.30. The number of carbonyl (C=O) groups is 1. The van der Waals surface area contributed by atoms with E-state index in [1.165, 1.54) is 4.90 Å². The summed E-state index contributed by atoms with van der Waals surface area (Å²) in [6, 6.07) is -0.368. The first-order valence-corrected chi connectivity index (χ1v) is 7.98. The summed E-state index contributed by atoms with van der Waals surface area (Å²) in [4.78, 5) is 13.3. The van der Waals surface area contributed by atoms with Gasteiger partial charge in [0.2, 0.25) is 9.05 Å². The van der Waals surface area contributed by atoms with Gasteiger partial charge in [0.1, 0.15) is 5.60 Å². The molecular weight excluding hydrogens is 266 g/mol. The van der Waals surface area contributed by atoms with E-state index < -0.39 is 20.7 Å². The quantitative estimate of drug-likeness (QED) is 0.727. The fraction of sp³-hybridized carbons (Fsp3) is 0.900. The minimum Gasteiger partial charge on any atom is -0.444 e. The highest BCUT2D eigenvalue weighted by molar-refractivity contribution is 8.13. The smallest absolute Gasteiger partial charge is 0.410 e. The van der Waals surface area contributed by atoms with Crippen LogP contribution in [0.3, 0.4) is 0 Å². The van der Waals surface area contributed by atoms with Gasteiger partial charge in [-0.1, -0.05) is 0 Å². The number of hydrogen-bond donors (Lipinski definition) is 0. The third-order valence-corrected chi connectivity index (χ3v) is 3.56. The standard InChI is InChI=1S/C10H18ClNO4S/c1-10(2,3)16-9(13)12-6-4-5-8(12)7-17(11,14)15/h8H,4-7H2,1-3H3. The molecule has 1 heterocycles. The fourth-order valence-corrected chi connectivity index (χ4v) is 3.04. The van der Waals surface area contributed by atoms with E-state index in [4.69, 9.17) is 15.4 Å². The van der Waals surface area contributed by atoms with Crippen molar-refractivity contribution in [2.24, 2.45) is 0 Å². The van der Waals surface area contributed by atoms with Crippen molar-refractivity contribution >= 4 is 25.8 Å². The molecule has 1 atom stereocenters. The number of carbonyl (C=O) groups excluding carboxylic acids is 1. The van der Waals surface area contributed by atoms with Crippen molar-refractivity contribution < 1.29 is 17.9 Å². The summed E-state index contributed by atoms with van der Waals surface area (Å²) < 4.78 is 27.3. The number of rotatable bonds is 2. The Morgan fingerprint density at radius 2 is 2.06 bits per heavy atom. The summed E-state index contributed by atoms with van der Waals surface area (Å²) in [6.07, 6.45) is 0.946. The van der Waals surface area contributed by atoms with Crippen LogP contribution in [-0.4, -0.2) is 43.4 Å². The molecule has 100 valence electrons. The molecule has 1 rings (SSSR count). The Labute approximate surface area is 106 Å². The van der Waals surface area contributed by atoms with E-state index in [9.17, 15) is 13.2 Å². The van der Waals surface area contributed by atoms with Crippen LogP contribution in [-0.2, 0) is 13.8 Å². The molecular formula is C10H18ClNO4S. The van der Waals surface area contributed by atoms with Gasteiger partial charge in [0.15, 0.2) is 0 Å². The molecule has 17 heavy (non-hydrogen) atoms. The zero-order valence-corrected chi connectivity index (χ0v) is 11.8. The van der Waals surface area contributed by atoms with Crippen molar-refractivity contribution in [1.29, 1.82) is 0 Å². The molecule has 7 heteroatoms. The number of nitrogens with zero attached hydrogens (tertiary/aromatic N) is 1. The average Bonchev–Trinajstić information content (AvgIpc) is 2.45. The number of amides is 1. The predicted molar refractivity (Wildman–Crippen MR) is 65.6 cm³/mol. The van der Waals surface area contributed by atoms with Gasteiger partial charge in [0.05, 0.1) is 11.8 Å². The van der Waals surface area contributed by atoms with Crippen LogP contribution in [0, 0.1) is 0 Å². The Morgan fingerprint density at radius 1 is 1.47 bits per heavy atom. The van der Waals surface area contributed by atoms with Crippen molar-refractivity contribution in [3.05, 3.63) is 0 Å². The van der Waals surface area contributed by atoms with E-state index in [1.807, 2.05) is 0 Å². The SMILES string of the molecule is CC(C)(C)OC(=O)N1CCCC1CS(=O)(=O)Cl. The van der Waals surface area contributed by atoms with Crippen LogP contribution in [0.1, 0.15) is 33.6 Å². The van der Waals surface area contributed by atoms with E-state index in [0.717, 1.165) is 6.42 Å². The van der Waals surface area contributed by atoms with Crippen LogP contribution in [0.2, 0.25) is 0 Å². The highest BCUT2D eigenvalue weighted by Crippen LogP contribution is 2.22. The van der Waals surface area contributed by atoms with Crippen molar-refractivity contribution in [3.8, 4) is 0 Å². The van der Waals surface area contributed by atoms with E-state index in [-0.39, 0.29) is 11.8 Å². The lowest BCUT2D eigenvalue weighted by atomic mass is 10.2. The molecule has 0 saturated carbocycles. The molecule has 1 fully saturated rings. The molecule has 0 aromatic carbocycles. The molecule has 0 aromatic heterocycles. The number of likely N-dealkylation sites (tertiary alicyclic amines) is 1. The second-order valence-electron chi connectivity index (χ2n) is 5.18. The first-order chi connectivity index (χ1) is 7.58. The Balaban J connectivity index is 2.66. The lowest BCUT2D eigenvalue weighted by Gasteiger charge is -2.28. The second-order valence-corrected chi connectivity index (χ2v) is 8.00. The van der Waals surface area contributed by atoms with Gasteiger partial charge in [-0.15, -0.1) is 0 Å². The van der Waals surface area contributed by atoms with Crippen molar-refractivity contribution in [1.82, 2.24) is 4.90 Å². The number of ether oxygens (including phenoxy) is 1. The minimum atomic E-state index is -3.59. The first kappa shape index (κ1) is 14.6. The Bertz CT molecular complexity index is 388. The van der Waals surface area contributed by atoms with Gasteiger partial charge >= 0.3 is 6.09 Å². The largest absolute Gasteiger partial charge is 0.444 e. The fourth-order valence-electron chi connectivity index (χ4n) is 1.80. The summed E-state index contributed by atoms with van der Waals surface area (Å²) in [5.74, 6) is -0.214. The van der Waals surface area contributed by atoms with Crippen LogP contribution < -0.4 is 0 Å². The summed E-state index contributed by atoms with van der Waals surface area (Å²) in [6.45, 7) is 5.84. The van der Waals surface area contributed by atoms with Gasteiger partial charge in [0, 0.05) is 17.2 Å². The molecule has 1 saturated heterocycles. The third-order valence-electron chi connectivity index (χ3n) is 2.40. The molecule has 0 radical (unpaired) electrons. The average molecular weight is 284 g/mol. The predicted octanol–water partition coefficient (Wildman–Crippen LogP) is 1.95. The van der Waals surface area contributed by atoms with Gasteiger partial charge in [-0.2, -0.15) is 0 Å². The molecule has 1 amide bonds. The van der Waals surface area contributed by atoms with Gasteiger partial charge in [-0.3, -0.25) is 0 Å². The maximum absolute atomic E-state index is 11.8. The van der Waals surface area contributed by atoms with E-state index in [0.29, 0.717) is 13.0 Å². The molecule has 0 spiro atoms. The molecule has 0 bridgehead atoms. The van der Waals surface area contributed by atoms with Crippen molar-refractivity contribution in [2.45, 2.75) is 45.3 Å². The first-order valence-electron chi connectivity index (χ1n) is 5.50. The van der Waals surface area contributed by atoms with Crippen molar-refractivity contribution in [2.75, 3.05) is 12.3 Å². The summed E-state index contributed by atoms with van der Waals surface area (Å²) in [5, 5.41) is 0. The van der Waals surface area contributed by atoms with E-state index in [1.54, 1.807) is 20.8 Å². The van der Waals surface area contributed by atoms with E-state index >= 15 is 0 Å². The van der Waals surface area contributed by atoms with E-state index in [2.05, 4.69) is 0 Å². The molecule has 1 aliphatic rings. The Morgan fingerprint density at radius 3 is 2.53 bits per heavy atom. The lowest BCUT2D eigenvalue weighted by Crippen LogP contribution is -2.42. The maximum atomic E-state index is 11.8. The summed E-state index contributed by atoms with van der Waals surface area (Å²) in [5.41, 5.74) is -0.579. The summed E-state index contributed by atoms with van der Waals surface area (Å²) >= 11 is 0. The van der Waals surface area contributed by atoms with Gasteiger partial charge in [0.25, 0.3) is 0 Å². The lowest BCUT2D eigenvalue weighted by molar-refractivity contribution is 0.0241. The van der Waals surface area contributed by atoms with Crippen LogP contribution in [0.5, 0.6) is 0 Å². The van der Waals surface area contributed by atoms with Crippen LogP contribution in [0.4, 0.5) is 4.79 Å². The monoisotopic (exact) mass is 283 g/mol. The zero-order valence-electron chi connectivity index (χ0n) is 10.3. The number of halogens is 1. The number of hydrogen-bond acceptors (Lipinski definition) is 4. The minimum absolute atomic E-state index is 0.214. The normalized spacial score (nSPS) is 21.6. The Hall–Kier alpha value is -0.490. The van der Waals surface area contributed by atoms with Crippen molar-refractivity contribution in [3.63, 3.8) is 0 Å². The molecule has 0 aromatic rings.